The predicted molar refractivity (Wildman–Crippen MR) is 114 cm³/mol. The summed E-state index contributed by atoms with van der Waals surface area (Å²) < 4.78 is 11.5. The first-order chi connectivity index (χ1) is 12.1. The van der Waals surface area contributed by atoms with Gasteiger partial charge in [0.25, 0.3) is 0 Å². The summed E-state index contributed by atoms with van der Waals surface area (Å²) >= 11 is 0. The molecule has 1 atom stereocenters. The Kier molecular flexibility index (Phi) is 10.1. The summed E-state index contributed by atoms with van der Waals surface area (Å²) in [6.45, 7) is 22.0. The van der Waals surface area contributed by atoms with Crippen molar-refractivity contribution in [2.24, 2.45) is 0 Å². The molecule has 0 heterocycles. The van der Waals surface area contributed by atoms with E-state index in [-0.39, 0.29) is 28.6 Å². The third kappa shape index (κ3) is 11.2. The van der Waals surface area contributed by atoms with Crippen LogP contribution in [0.5, 0.6) is 0 Å². The van der Waals surface area contributed by atoms with Crippen LogP contribution in [0.25, 0.3) is 0 Å². The molecule has 0 amide bonds. The van der Waals surface area contributed by atoms with Gasteiger partial charge in [0.15, 0.2) is 5.78 Å². The van der Waals surface area contributed by atoms with E-state index in [0.29, 0.717) is 6.61 Å². The highest BCUT2D eigenvalue weighted by molar-refractivity contribution is 5.92. The Bertz CT molecular complexity index is 451. The minimum atomic E-state index is -0.576. The first-order valence-electron chi connectivity index (χ1n) is 10.3. The molecule has 162 valence electrons. The van der Waals surface area contributed by atoms with Gasteiger partial charge in [-0.15, -0.1) is 0 Å². The minimum absolute atomic E-state index is 0.0851. The number of hydrogen-bond donors (Lipinski definition) is 2. The molecule has 0 aromatic rings. The molecule has 0 aromatic carbocycles. The Morgan fingerprint density at radius 1 is 0.926 bits per heavy atom. The molecular weight excluding hydrogens is 340 g/mol. The van der Waals surface area contributed by atoms with E-state index in [4.69, 9.17) is 9.47 Å². The highest BCUT2D eigenvalue weighted by Gasteiger charge is 2.34. The third-order valence-corrected chi connectivity index (χ3v) is 4.99. The molecule has 0 fully saturated rings. The summed E-state index contributed by atoms with van der Waals surface area (Å²) in [6.07, 6.45) is 2.46. The Morgan fingerprint density at radius 2 is 1.48 bits per heavy atom. The molecule has 0 aliphatic rings. The maximum atomic E-state index is 13.0. The van der Waals surface area contributed by atoms with Gasteiger partial charge in [0.2, 0.25) is 0 Å². The SMILES string of the molecule is CCC(NC(C)(C)C)C(=O)C(C)(C)NCCC(C)(C)OCCC(C)(C)OC. The maximum Gasteiger partial charge on any atom is 0.169 e. The third-order valence-electron chi connectivity index (χ3n) is 4.99. The number of rotatable bonds is 13. The first-order valence-corrected chi connectivity index (χ1v) is 10.3. The van der Waals surface area contributed by atoms with E-state index >= 15 is 0 Å². The summed E-state index contributed by atoms with van der Waals surface area (Å²) in [5.41, 5.74) is -1.08. The van der Waals surface area contributed by atoms with Gasteiger partial charge in [-0.2, -0.15) is 0 Å². The number of hydrogen-bond acceptors (Lipinski definition) is 5. The Balaban J connectivity index is 4.55. The minimum Gasteiger partial charge on any atom is -0.379 e. The van der Waals surface area contributed by atoms with Crippen LogP contribution in [0.1, 0.15) is 88.5 Å². The van der Waals surface area contributed by atoms with Gasteiger partial charge in [0, 0.05) is 12.6 Å². The van der Waals surface area contributed by atoms with Gasteiger partial charge >= 0.3 is 0 Å². The van der Waals surface area contributed by atoms with E-state index in [0.717, 1.165) is 25.8 Å². The van der Waals surface area contributed by atoms with Crippen LogP contribution in [0.4, 0.5) is 0 Å². The van der Waals surface area contributed by atoms with Crippen molar-refractivity contribution >= 4 is 5.78 Å². The van der Waals surface area contributed by atoms with Crippen molar-refractivity contribution in [2.75, 3.05) is 20.3 Å². The average molecular weight is 387 g/mol. The number of methoxy groups -OCH3 is 1. The van der Waals surface area contributed by atoms with Gasteiger partial charge in [-0.3, -0.25) is 4.79 Å². The molecule has 0 saturated carbocycles. The lowest BCUT2D eigenvalue weighted by molar-refractivity contribution is -0.127. The van der Waals surface area contributed by atoms with Gasteiger partial charge < -0.3 is 20.1 Å². The number of ether oxygens (including phenoxy) is 2. The van der Waals surface area contributed by atoms with E-state index in [1.54, 1.807) is 7.11 Å². The molecule has 0 spiro atoms. The molecular formula is C22H46N2O3. The molecule has 0 aliphatic heterocycles. The zero-order valence-corrected chi connectivity index (χ0v) is 19.8. The molecule has 0 radical (unpaired) electrons. The van der Waals surface area contributed by atoms with Crippen LogP contribution in [0, 0.1) is 0 Å². The lowest BCUT2D eigenvalue weighted by Gasteiger charge is -2.35. The van der Waals surface area contributed by atoms with Gasteiger partial charge in [0.1, 0.15) is 0 Å². The Hall–Kier alpha value is -0.490. The number of carbonyl (C=O) groups is 1. The van der Waals surface area contributed by atoms with Crippen LogP contribution < -0.4 is 10.6 Å². The summed E-state index contributed by atoms with van der Waals surface area (Å²) in [5, 5.41) is 6.88. The molecule has 5 nitrogen and oxygen atoms in total. The van der Waals surface area contributed by atoms with Gasteiger partial charge in [-0.05, 0) is 88.1 Å². The second kappa shape index (κ2) is 10.3. The Morgan fingerprint density at radius 3 is 1.93 bits per heavy atom. The molecule has 0 rings (SSSR count). The summed E-state index contributed by atoms with van der Waals surface area (Å²) in [5.74, 6) is 0.209. The fourth-order valence-corrected chi connectivity index (χ4v) is 2.82. The molecule has 0 bridgehead atoms. The standard InChI is InChI=1S/C22H46N2O3/c1-12-17(24-19(2,3)4)18(25)22(9,10)23-15-13-21(7,8)27-16-14-20(5,6)26-11/h17,23-24H,12-16H2,1-11H3. The van der Waals surface area contributed by atoms with Crippen molar-refractivity contribution in [3.05, 3.63) is 0 Å². The van der Waals surface area contributed by atoms with E-state index in [1.807, 2.05) is 13.8 Å². The number of ketones is 1. The largest absolute Gasteiger partial charge is 0.379 e. The van der Waals surface area contributed by atoms with Crippen LogP contribution in [-0.4, -0.2) is 54.4 Å². The van der Waals surface area contributed by atoms with Crippen molar-refractivity contribution < 1.29 is 14.3 Å². The summed E-state index contributed by atoms with van der Waals surface area (Å²) in [4.78, 5) is 13.0. The van der Waals surface area contributed by atoms with Crippen LogP contribution in [0.15, 0.2) is 0 Å². The number of Topliss-reactive ketones (excluding diaryl/α,β-unsaturated/α-hetero) is 1. The number of carbonyl (C=O) groups excluding carboxylic acids is 1. The van der Waals surface area contributed by atoms with Gasteiger partial charge in [0.05, 0.1) is 29.4 Å². The molecule has 0 saturated heterocycles. The summed E-state index contributed by atoms with van der Waals surface area (Å²) in [7, 11) is 1.73. The molecule has 27 heavy (non-hydrogen) atoms. The molecule has 0 aliphatic carbocycles. The van der Waals surface area contributed by atoms with Gasteiger partial charge in [-0.25, -0.2) is 0 Å². The molecule has 2 N–H and O–H groups in total. The topological polar surface area (TPSA) is 59.6 Å². The predicted octanol–water partition coefficient (Wildman–Crippen LogP) is 4.09. The van der Waals surface area contributed by atoms with E-state index in [1.165, 1.54) is 0 Å². The smallest absolute Gasteiger partial charge is 0.169 e. The van der Waals surface area contributed by atoms with Crippen LogP contribution in [-0.2, 0) is 14.3 Å². The fourth-order valence-electron chi connectivity index (χ4n) is 2.82. The summed E-state index contributed by atoms with van der Waals surface area (Å²) in [6, 6.07) is -0.145. The van der Waals surface area contributed by atoms with E-state index in [9.17, 15) is 4.79 Å². The molecule has 0 aromatic heterocycles. The highest BCUT2D eigenvalue weighted by atomic mass is 16.5. The average Bonchev–Trinajstić information content (AvgIpc) is 2.50. The van der Waals surface area contributed by atoms with Crippen molar-refractivity contribution in [2.45, 2.75) is 117 Å². The van der Waals surface area contributed by atoms with Crippen molar-refractivity contribution in [3.8, 4) is 0 Å². The zero-order valence-electron chi connectivity index (χ0n) is 19.8. The van der Waals surface area contributed by atoms with Crippen LogP contribution >= 0.6 is 0 Å². The normalized spacial score (nSPS) is 15.1. The second-order valence-corrected chi connectivity index (χ2v) is 10.3. The number of nitrogens with one attached hydrogen (secondary N) is 2. The Labute approximate surface area is 168 Å². The van der Waals surface area contributed by atoms with Crippen molar-refractivity contribution in [3.63, 3.8) is 0 Å². The van der Waals surface area contributed by atoms with Gasteiger partial charge in [-0.1, -0.05) is 6.92 Å². The van der Waals surface area contributed by atoms with Crippen molar-refractivity contribution in [1.29, 1.82) is 0 Å². The van der Waals surface area contributed by atoms with Crippen molar-refractivity contribution in [1.82, 2.24) is 10.6 Å². The fraction of sp³-hybridized carbons (Fsp3) is 0.955. The second-order valence-electron chi connectivity index (χ2n) is 10.3. The van der Waals surface area contributed by atoms with E-state index < -0.39 is 5.54 Å². The molecule has 1 unspecified atom stereocenters. The first kappa shape index (κ1) is 26.5. The lowest BCUT2D eigenvalue weighted by atomic mass is 9.90. The van der Waals surface area contributed by atoms with E-state index in [2.05, 4.69) is 66.0 Å². The van der Waals surface area contributed by atoms with Crippen LogP contribution in [0.3, 0.4) is 0 Å². The quantitative estimate of drug-likeness (QED) is 0.499. The maximum absolute atomic E-state index is 13.0. The monoisotopic (exact) mass is 386 g/mol. The zero-order chi connectivity index (χ0) is 21.5. The van der Waals surface area contributed by atoms with Crippen LogP contribution in [0.2, 0.25) is 0 Å². The molecule has 5 heteroatoms. The highest BCUT2D eigenvalue weighted by Crippen LogP contribution is 2.19. The lowest BCUT2D eigenvalue weighted by Crippen LogP contribution is -2.58.